The van der Waals surface area contributed by atoms with Crippen LogP contribution in [0.25, 0.3) is 5.69 Å². The first-order valence-electron chi connectivity index (χ1n) is 5.29. The van der Waals surface area contributed by atoms with Crippen molar-refractivity contribution in [3.8, 4) is 5.69 Å². The highest BCUT2D eigenvalue weighted by molar-refractivity contribution is 5.87. The van der Waals surface area contributed by atoms with Gasteiger partial charge in [0.1, 0.15) is 0 Å². The number of esters is 1. The molecule has 2 rings (SSSR count). The summed E-state index contributed by atoms with van der Waals surface area (Å²) in [6.45, 7) is -0.0980. The summed E-state index contributed by atoms with van der Waals surface area (Å²) in [6, 6.07) is 8.81. The lowest BCUT2D eigenvalue weighted by Crippen LogP contribution is -2.09. The highest BCUT2D eigenvalue weighted by atomic mass is 16.7. The van der Waals surface area contributed by atoms with Gasteiger partial charge in [-0.15, -0.1) is 0 Å². The third kappa shape index (κ3) is 2.49. The van der Waals surface area contributed by atoms with Crippen LogP contribution in [0.5, 0.6) is 0 Å². The molecule has 0 saturated carbocycles. The topological polar surface area (TPSA) is 79.4 Å². The van der Waals surface area contributed by atoms with Crippen molar-refractivity contribution in [2.75, 3.05) is 19.6 Å². The number of methoxy groups -OCH3 is 1. The van der Waals surface area contributed by atoms with Crippen LogP contribution in [0, 0.1) is 0 Å². The van der Waals surface area contributed by atoms with Gasteiger partial charge in [0.2, 0.25) is 0 Å². The van der Waals surface area contributed by atoms with E-state index in [4.69, 9.17) is 10.5 Å². The Morgan fingerprint density at radius 3 is 2.89 bits per heavy atom. The van der Waals surface area contributed by atoms with Gasteiger partial charge in [-0.25, -0.2) is 9.48 Å². The van der Waals surface area contributed by atoms with E-state index in [0.29, 0.717) is 11.4 Å². The number of aromatic nitrogens is 2. The third-order valence-electron chi connectivity index (χ3n) is 2.29. The van der Waals surface area contributed by atoms with Crippen molar-refractivity contribution in [3.05, 3.63) is 42.2 Å². The number of nitrogen functional groups attached to an aromatic ring is 1. The van der Waals surface area contributed by atoms with Crippen molar-refractivity contribution in [3.63, 3.8) is 0 Å². The van der Waals surface area contributed by atoms with Crippen LogP contribution in [0.4, 0.5) is 5.69 Å². The maximum Gasteiger partial charge on any atom is 0.360 e. The van der Waals surface area contributed by atoms with E-state index in [1.54, 1.807) is 18.3 Å². The van der Waals surface area contributed by atoms with Crippen molar-refractivity contribution in [1.29, 1.82) is 0 Å². The molecule has 0 saturated heterocycles. The summed E-state index contributed by atoms with van der Waals surface area (Å²) < 4.78 is 11.0. The molecule has 0 bridgehead atoms. The van der Waals surface area contributed by atoms with Gasteiger partial charge < -0.3 is 15.2 Å². The minimum Gasteiger partial charge on any atom is -0.434 e. The average Bonchev–Trinajstić information content (AvgIpc) is 2.86. The normalized spacial score (nSPS) is 10.3. The molecule has 94 valence electrons. The summed E-state index contributed by atoms with van der Waals surface area (Å²) in [7, 11) is 1.44. The third-order valence-corrected chi connectivity index (χ3v) is 2.29. The summed E-state index contributed by atoms with van der Waals surface area (Å²) in [5.74, 6) is -0.537. The summed E-state index contributed by atoms with van der Waals surface area (Å²) in [5.41, 5.74) is 7.32. The van der Waals surface area contributed by atoms with Crippen LogP contribution < -0.4 is 5.73 Å². The second-order valence-corrected chi connectivity index (χ2v) is 3.54. The molecule has 1 heterocycles. The van der Waals surface area contributed by atoms with Gasteiger partial charge in [-0.3, -0.25) is 0 Å². The lowest BCUT2D eigenvalue weighted by molar-refractivity contribution is -0.0130. The molecule has 0 unspecified atom stereocenters. The minimum absolute atomic E-state index is 0.0980. The van der Waals surface area contributed by atoms with Crippen LogP contribution in [-0.4, -0.2) is 29.7 Å². The second kappa shape index (κ2) is 5.33. The Kier molecular flexibility index (Phi) is 3.59. The van der Waals surface area contributed by atoms with Crippen molar-refractivity contribution < 1.29 is 14.3 Å². The van der Waals surface area contributed by atoms with E-state index in [1.165, 1.54) is 11.8 Å². The van der Waals surface area contributed by atoms with Crippen LogP contribution in [0.3, 0.4) is 0 Å². The Hall–Kier alpha value is -2.34. The van der Waals surface area contributed by atoms with E-state index < -0.39 is 5.97 Å². The number of rotatable bonds is 4. The molecule has 0 spiro atoms. The number of nitrogens with zero attached hydrogens (tertiary/aromatic N) is 2. The van der Waals surface area contributed by atoms with Gasteiger partial charge in [0.05, 0.1) is 11.4 Å². The van der Waals surface area contributed by atoms with Gasteiger partial charge in [0.15, 0.2) is 12.5 Å². The molecule has 18 heavy (non-hydrogen) atoms. The predicted molar refractivity (Wildman–Crippen MR) is 65.3 cm³/mol. The van der Waals surface area contributed by atoms with Gasteiger partial charge in [0, 0.05) is 13.3 Å². The van der Waals surface area contributed by atoms with Gasteiger partial charge in [-0.05, 0) is 18.2 Å². The van der Waals surface area contributed by atoms with Crippen LogP contribution in [0.15, 0.2) is 36.5 Å². The molecule has 6 nitrogen and oxygen atoms in total. The van der Waals surface area contributed by atoms with Crippen LogP contribution in [0.1, 0.15) is 10.5 Å². The van der Waals surface area contributed by atoms with Crippen molar-refractivity contribution in [2.24, 2.45) is 0 Å². The number of nitrogens with two attached hydrogens (primary N) is 1. The number of hydrogen-bond acceptors (Lipinski definition) is 5. The molecule has 1 aromatic carbocycles. The number of carbonyl (C=O) groups is 1. The van der Waals surface area contributed by atoms with E-state index >= 15 is 0 Å². The SMILES string of the molecule is COCOC(=O)c1ccn(-c2ccccc2N)n1. The highest BCUT2D eigenvalue weighted by Crippen LogP contribution is 2.15. The van der Waals surface area contributed by atoms with E-state index in [2.05, 4.69) is 9.84 Å². The maximum absolute atomic E-state index is 11.5. The van der Waals surface area contributed by atoms with E-state index in [-0.39, 0.29) is 12.5 Å². The second-order valence-electron chi connectivity index (χ2n) is 3.54. The van der Waals surface area contributed by atoms with Gasteiger partial charge >= 0.3 is 5.97 Å². The molecule has 0 atom stereocenters. The molecular formula is C12H13N3O3. The van der Waals surface area contributed by atoms with Crippen molar-refractivity contribution in [2.45, 2.75) is 0 Å². The van der Waals surface area contributed by atoms with Crippen molar-refractivity contribution in [1.82, 2.24) is 9.78 Å². The minimum atomic E-state index is -0.537. The van der Waals surface area contributed by atoms with Crippen molar-refractivity contribution >= 4 is 11.7 Å². The molecule has 1 aromatic heterocycles. The standard InChI is InChI=1S/C12H13N3O3/c1-17-8-18-12(16)10-6-7-15(14-10)11-5-3-2-4-9(11)13/h2-7H,8,13H2,1H3. The summed E-state index contributed by atoms with van der Waals surface area (Å²) in [5, 5.41) is 4.10. The zero-order valence-corrected chi connectivity index (χ0v) is 9.87. The smallest absolute Gasteiger partial charge is 0.360 e. The molecule has 0 aliphatic heterocycles. The lowest BCUT2D eigenvalue weighted by atomic mass is 10.3. The number of anilines is 1. The predicted octanol–water partition coefficient (Wildman–Crippen LogP) is 1.22. The average molecular weight is 247 g/mol. The number of benzene rings is 1. The maximum atomic E-state index is 11.5. The molecule has 2 N–H and O–H groups in total. The summed E-state index contributed by atoms with van der Waals surface area (Å²) >= 11 is 0. The largest absolute Gasteiger partial charge is 0.434 e. The molecule has 0 radical (unpaired) electrons. The first kappa shape index (κ1) is 12.1. The van der Waals surface area contributed by atoms with E-state index in [9.17, 15) is 4.79 Å². The first-order chi connectivity index (χ1) is 8.72. The molecule has 2 aromatic rings. The summed E-state index contributed by atoms with van der Waals surface area (Å²) in [6.07, 6.45) is 1.65. The van der Waals surface area contributed by atoms with E-state index in [0.717, 1.165) is 0 Å². The molecule has 0 aliphatic carbocycles. The zero-order valence-electron chi connectivity index (χ0n) is 9.87. The zero-order chi connectivity index (χ0) is 13.0. The number of hydrogen-bond donors (Lipinski definition) is 1. The highest BCUT2D eigenvalue weighted by Gasteiger charge is 2.12. The number of carbonyl (C=O) groups excluding carboxylic acids is 1. The number of ether oxygens (including phenoxy) is 2. The Bertz CT molecular complexity index is 551. The number of para-hydroxylation sites is 2. The fourth-order valence-electron chi connectivity index (χ4n) is 1.45. The van der Waals surface area contributed by atoms with Gasteiger partial charge in [-0.2, -0.15) is 5.10 Å². The molecule has 6 heteroatoms. The Morgan fingerprint density at radius 1 is 1.39 bits per heavy atom. The molecule has 0 aliphatic rings. The van der Waals surface area contributed by atoms with Crippen LogP contribution in [-0.2, 0) is 9.47 Å². The van der Waals surface area contributed by atoms with Gasteiger partial charge in [0.25, 0.3) is 0 Å². The Labute approximate surface area is 104 Å². The fraction of sp³-hybridized carbons (Fsp3) is 0.167. The molecule has 0 amide bonds. The molecular weight excluding hydrogens is 234 g/mol. The first-order valence-corrected chi connectivity index (χ1v) is 5.29. The quantitative estimate of drug-likeness (QED) is 0.499. The molecule has 0 fully saturated rings. The Balaban J connectivity index is 2.21. The van der Waals surface area contributed by atoms with E-state index in [1.807, 2.05) is 18.2 Å². The summed E-state index contributed by atoms with van der Waals surface area (Å²) in [4.78, 5) is 11.5. The van der Waals surface area contributed by atoms with Gasteiger partial charge in [-0.1, -0.05) is 12.1 Å². The Morgan fingerprint density at radius 2 is 2.17 bits per heavy atom. The lowest BCUT2D eigenvalue weighted by Gasteiger charge is -2.04. The van der Waals surface area contributed by atoms with Crippen LogP contribution >= 0.6 is 0 Å². The monoisotopic (exact) mass is 247 g/mol. The fourth-order valence-corrected chi connectivity index (χ4v) is 1.45. The van der Waals surface area contributed by atoms with Crippen LogP contribution in [0.2, 0.25) is 0 Å².